The van der Waals surface area contributed by atoms with E-state index in [0.29, 0.717) is 22.5 Å². The van der Waals surface area contributed by atoms with E-state index in [-0.39, 0.29) is 17.4 Å². The third-order valence-corrected chi connectivity index (χ3v) is 4.34. The zero-order valence-corrected chi connectivity index (χ0v) is 16.1. The van der Waals surface area contributed by atoms with Crippen LogP contribution in [0, 0.1) is 10.1 Å². The highest BCUT2D eigenvalue weighted by atomic mass is 35.5. The Hall–Kier alpha value is -3.26. The average Bonchev–Trinajstić information content (AvgIpc) is 2.68. The summed E-state index contributed by atoms with van der Waals surface area (Å²) in [5.74, 6) is 0.842. The third-order valence-electron chi connectivity index (χ3n) is 4.11. The summed E-state index contributed by atoms with van der Waals surface area (Å²) < 4.78 is 0. The van der Waals surface area contributed by atoms with E-state index in [1.54, 1.807) is 18.5 Å². The largest absolute Gasteiger partial charge is 0.352 e. The van der Waals surface area contributed by atoms with Crippen molar-refractivity contribution in [3.05, 3.63) is 63.9 Å². The van der Waals surface area contributed by atoms with E-state index < -0.39 is 4.92 Å². The van der Waals surface area contributed by atoms with Crippen LogP contribution in [0.25, 0.3) is 11.3 Å². The first-order chi connectivity index (χ1) is 13.5. The summed E-state index contributed by atoms with van der Waals surface area (Å²) >= 11 is 6.02. The van der Waals surface area contributed by atoms with Gasteiger partial charge in [0.05, 0.1) is 10.6 Å². The van der Waals surface area contributed by atoms with Crippen LogP contribution in [0.3, 0.4) is 0 Å². The molecule has 0 aliphatic heterocycles. The Labute approximate surface area is 167 Å². The van der Waals surface area contributed by atoms with E-state index in [0.717, 1.165) is 12.0 Å². The van der Waals surface area contributed by atoms with Gasteiger partial charge in [0.1, 0.15) is 11.5 Å². The predicted molar refractivity (Wildman–Crippen MR) is 110 cm³/mol. The van der Waals surface area contributed by atoms with Gasteiger partial charge in [-0.1, -0.05) is 18.5 Å². The molecule has 144 valence electrons. The fraction of sp³-hybridized carbons (Fsp3) is 0.211. The molecular formula is C19H19ClN6O2. The summed E-state index contributed by atoms with van der Waals surface area (Å²) in [6, 6.07) is 9.89. The molecular weight excluding hydrogens is 380 g/mol. The molecule has 0 unspecified atom stereocenters. The van der Waals surface area contributed by atoms with Crippen LogP contribution in [0.15, 0.2) is 48.8 Å². The summed E-state index contributed by atoms with van der Waals surface area (Å²) in [5.41, 5.74) is 1.68. The van der Waals surface area contributed by atoms with Crippen molar-refractivity contribution >= 4 is 34.7 Å². The SMILES string of the molecule is CC[C@H](C)Nc1nc(Nc2cc(Cl)ccc2[N+](=O)[O-])cc(-c2ccncc2)n1. The molecule has 3 rings (SSSR count). The highest BCUT2D eigenvalue weighted by Crippen LogP contribution is 2.31. The second kappa shape index (κ2) is 8.62. The Kier molecular flexibility index (Phi) is 6.00. The summed E-state index contributed by atoms with van der Waals surface area (Å²) in [6.07, 6.45) is 4.24. The van der Waals surface area contributed by atoms with Crippen molar-refractivity contribution < 1.29 is 4.92 Å². The Morgan fingerprint density at radius 3 is 2.61 bits per heavy atom. The van der Waals surface area contributed by atoms with Crippen LogP contribution in [-0.2, 0) is 0 Å². The zero-order chi connectivity index (χ0) is 20.1. The van der Waals surface area contributed by atoms with Crippen LogP contribution in [0.2, 0.25) is 5.02 Å². The summed E-state index contributed by atoms with van der Waals surface area (Å²) in [4.78, 5) is 23.9. The number of nitro benzene ring substituents is 1. The van der Waals surface area contributed by atoms with Gasteiger partial charge in [-0.2, -0.15) is 4.98 Å². The van der Waals surface area contributed by atoms with Gasteiger partial charge in [-0.3, -0.25) is 15.1 Å². The lowest BCUT2D eigenvalue weighted by atomic mass is 10.2. The van der Waals surface area contributed by atoms with Crippen molar-refractivity contribution in [2.75, 3.05) is 10.6 Å². The monoisotopic (exact) mass is 398 g/mol. The number of nitro groups is 1. The van der Waals surface area contributed by atoms with Gasteiger partial charge in [-0.05, 0) is 37.6 Å². The molecule has 0 bridgehead atoms. The molecule has 0 fully saturated rings. The number of halogens is 1. The lowest BCUT2D eigenvalue weighted by molar-refractivity contribution is -0.383. The molecule has 0 spiro atoms. The molecule has 0 radical (unpaired) electrons. The van der Waals surface area contributed by atoms with Crippen LogP contribution < -0.4 is 10.6 Å². The number of hydrogen-bond donors (Lipinski definition) is 2. The number of benzene rings is 1. The quantitative estimate of drug-likeness (QED) is 0.423. The van der Waals surface area contributed by atoms with Crippen molar-refractivity contribution in [3.8, 4) is 11.3 Å². The molecule has 8 nitrogen and oxygen atoms in total. The van der Waals surface area contributed by atoms with Gasteiger partial charge in [-0.25, -0.2) is 4.98 Å². The zero-order valence-electron chi connectivity index (χ0n) is 15.4. The van der Waals surface area contributed by atoms with Gasteiger partial charge in [0.15, 0.2) is 0 Å². The first kappa shape index (κ1) is 19.5. The number of pyridine rings is 1. The van der Waals surface area contributed by atoms with Crippen LogP contribution >= 0.6 is 11.6 Å². The number of aromatic nitrogens is 3. The van der Waals surface area contributed by atoms with Crippen molar-refractivity contribution in [1.29, 1.82) is 0 Å². The average molecular weight is 399 g/mol. The minimum Gasteiger partial charge on any atom is -0.352 e. The van der Waals surface area contributed by atoms with E-state index in [2.05, 4.69) is 32.5 Å². The Morgan fingerprint density at radius 2 is 1.93 bits per heavy atom. The molecule has 2 aromatic heterocycles. The fourth-order valence-corrected chi connectivity index (χ4v) is 2.65. The van der Waals surface area contributed by atoms with E-state index >= 15 is 0 Å². The Morgan fingerprint density at radius 1 is 1.18 bits per heavy atom. The second-order valence-electron chi connectivity index (χ2n) is 6.20. The standard InChI is InChI=1S/C19H19ClN6O2/c1-3-12(2)22-19-24-15(13-6-8-21-9-7-13)11-18(25-19)23-16-10-14(20)4-5-17(16)26(27)28/h4-12H,3H2,1-2H3,(H2,22,23,24,25)/t12-/m0/s1. The molecule has 2 heterocycles. The fourth-order valence-electron chi connectivity index (χ4n) is 2.47. The predicted octanol–water partition coefficient (Wildman–Crippen LogP) is 5.05. The van der Waals surface area contributed by atoms with Crippen LogP contribution in [0.4, 0.5) is 23.1 Å². The van der Waals surface area contributed by atoms with Gasteiger partial charge < -0.3 is 10.6 Å². The van der Waals surface area contributed by atoms with Crippen molar-refractivity contribution in [1.82, 2.24) is 15.0 Å². The maximum absolute atomic E-state index is 11.3. The smallest absolute Gasteiger partial charge is 0.292 e. The number of nitrogens with one attached hydrogen (secondary N) is 2. The summed E-state index contributed by atoms with van der Waals surface area (Å²) in [6.45, 7) is 4.08. The summed E-state index contributed by atoms with van der Waals surface area (Å²) in [7, 11) is 0. The van der Waals surface area contributed by atoms with E-state index in [9.17, 15) is 10.1 Å². The third kappa shape index (κ3) is 4.72. The van der Waals surface area contributed by atoms with E-state index in [1.165, 1.54) is 18.2 Å². The number of nitrogens with zero attached hydrogens (tertiary/aromatic N) is 4. The topological polar surface area (TPSA) is 106 Å². The molecule has 28 heavy (non-hydrogen) atoms. The molecule has 0 amide bonds. The molecule has 2 N–H and O–H groups in total. The Bertz CT molecular complexity index is 983. The highest BCUT2D eigenvalue weighted by molar-refractivity contribution is 6.31. The van der Waals surface area contributed by atoms with Crippen molar-refractivity contribution in [2.45, 2.75) is 26.3 Å². The molecule has 1 atom stereocenters. The highest BCUT2D eigenvalue weighted by Gasteiger charge is 2.16. The Balaban J connectivity index is 2.04. The molecule has 3 aromatic rings. The molecule has 0 aliphatic rings. The molecule has 9 heteroatoms. The molecule has 0 aliphatic carbocycles. The van der Waals surface area contributed by atoms with Crippen LogP contribution in [0.1, 0.15) is 20.3 Å². The number of hydrogen-bond acceptors (Lipinski definition) is 7. The van der Waals surface area contributed by atoms with Gasteiger partial charge in [0.2, 0.25) is 5.95 Å². The lowest BCUT2D eigenvalue weighted by Crippen LogP contribution is -2.16. The molecule has 1 aromatic carbocycles. The van der Waals surface area contributed by atoms with Gasteiger partial charge in [-0.15, -0.1) is 0 Å². The minimum atomic E-state index is -0.470. The number of rotatable bonds is 7. The number of anilines is 3. The summed E-state index contributed by atoms with van der Waals surface area (Å²) in [5, 5.41) is 18.0. The van der Waals surface area contributed by atoms with Gasteiger partial charge in [0, 0.05) is 41.2 Å². The maximum Gasteiger partial charge on any atom is 0.292 e. The minimum absolute atomic E-state index is 0.0927. The lowest BCUT2D eigenvalue weighted by Gasteiger charge is -2.14. The first-order valence-corrected chi connectivity index (χ1v) is 9.11. The molecule has 0 saturated carbocycles. The van der Waals surface area contributed by atoms with Crippen molar-refractivity contribution in [2.24, 2.45) is 0 Å². The second-order valence-corrected chi connectivity index (χ2v) is 6.63. The maximum atomic E-state index is 11.3. The van der Waals surface area contributed by atoms with E-state index in [4.69, 9.17) is 11.6 Å². The van der Waals surface area contributed by atoms with Crippen molar-refractivity contribution in [3.63, 3.8) is 0 Å². The normalized spacial score (nSPS) is 11.7. The van der Waals surface area contributed by atoms with Gasteiger partial charge in [0.25, 0.3) is 5.69 Å². The van der Waals surface area contributed by atoms with Crippen LogP contribution in [-0.4, -0.2) is 25.9 Å². The van der Waals surface area contributed by atoms with Crippen LogP contribution in [0.5, 0.6) is 0 Å². The van der Waals surface area contributed by atoms with E-state index in [1.807, 2.05) is 19.1 Å². The van der Waals surface area contributed by atoms with Gasteiger partial charge >= 0.3 is 0 Å². The molecule has 0 saturated heterocycles. The first-order valence-electron chi connectivity index (χ1n) is 8.73.